The summed E-state index contributed by atoms with van der Waals surface area (Å²) >= 11 is 1.44. The number of nitrogen functional groups attached to an aromatic ring is 1. The molecule has 0 radical (unpaired) electrons. The second-order valence-corrected chi connectivity index (χ2v) is 5.42. The predicted octanol–water partition coefficient (Wildman–Crippen LogP) is 3.10. The van der Waals surface area contributed by atoms with Crippen molar-refractivity contribution in [2.45, 2.75) is 36.3 Å². The van der Waals surface area contributed by atoms with E-state index in [0.29, 0.717) is 5.69 Å². The number of anilines is 1. The number of benzene rings is 1. The zero-order valence-electron chi connectivity index (χ0n) is 11.6. The minimum atomic E-state index is -0.223. The summed E-state index contributed by atoms with van der Waals surface area (Å²) < 4.78 is 10.0. The zero-order chi connectivity index (χ0) is 14.3. The van der Waals surface area contributed by atoms with Gasteiger partial charge in [0.15, 0.2) is 0 Å². The van der Waals surface area contributed by atoms with Gasteiger partial charge in [0.1, 0.15) is 11.0 Å². The molecule has 106 valence electrons. The zero-order valence-corrected chi connectivity index (χ0v) is 12.5. The lowest BCUT2D eigenvalue weighted by molar-refractivity contribution is -0.140. The summed E-state index contributed by atoms with van der Waals surface area (Å²) in [5.41, 5.74) is 6.58. The van der Waals surface area contributed by atoms with Gasteiger partial charge in [-0.05, 0) is 24.6 Å². The first-order valence-electron chi connectivity index (χ1n) is 6.30. The van der Waals surface area contributed by atoms with Crippen LogP contribution in [-0.2, 0) is 9.53 Å². The van der Waals surface area contributed by atoms with Crippen molar-refractivity contribution < 1.29 is 14.3 Å². The number of rotatable bonds is 7. The van der Waals surface area contributed by atoms with Crippen molar-refractivity contribution >= 4 is 23.4 Å². The van der Waals surface area contributed by atoms with Crippen LogP contribution < -0.4 is 10.5 Å². The molecule has 1 aromatic rings. The van der Waals surface area contributed by atoms with Crippen LogP contribution in [-0.4, -0.2) is 25.4 Å². The molecule has 0 aliphatic rings. The molecular weight excluding hydrogens is 262 g/mol. The fourth-order valence-corrected chi connectivity index (χ4v) is 2.81. The Morgan fingerprint density at radius 1 is 1.42 bits per heavy atom. The number of ether oxygens (including phenoxy) is 2. The normalized spacial score (nSPS) is 11.9. The summed E-state index contributed by atoms with van der Waals surface area (Å²) in [6.45, 7) is 2.10. The lowest BCUT2D eigenvalue weighted by Crippen LogP contribution is -2.18. The fourth-order valence-electron chi connectivity index (χ4n) is 1.64. The van der Waals surface area contributed by atoms with Crippen LogP contribution in [0, 0.1) is 0 Å². The van der Waals surface area contributed by atoms with Crippen LogP contribution >= 0.6 is 11.8 Å². The maximum Gasteiger partial charge on any atom is 0.319 e. The summed E-state index contributed by atoms with van der Waals surface area (Å²) in [4.78, 5) is 12.6. The maximum absolute atomic E-state index is 11.8. The highest BCUT2D eigenvalue weighted by molar-refractivity contribution is 8.00. The van der Waals surface area contributed by atoms with E-state index in [-0.39, 0.29) is 11.2 Å². The van der Waals surface area contributed by atoms with Gasteiger partial charge in [-0.15, -0.1) is 11.8 Å². The fraction of sp³-hybridized carbons (Fsp3) is 0.500. The summed E-state index contributed by atoms with van der Waals surface area (Å²) in [6.07, 6.45) is 2.81. The van der Waals surface area contributed by atoms with Gasteiger partial charge in [0.25, 0.3) is 0 Å². The molecule has 0 amide bonds. The molecule has 0 spiro atoms. The number of thioether (sulfide) groups is 1. The Morgan fingerprint density at radius 2 is 2.16 bits per heavy atom. The molecule has 1 atom stereocenters. The van der Waals surface area contributed by atoms with Crippen LogP contribution in [0.3, 0.4) is 0 Å². The molecule has 0 fully saturated rings. The minimum absolute atomic E-state index is 0.208. The number of carbonyl (C=O) groups is 1. The summed E-state index contributed by atoms with van der Waals surface area (Å²) in [5.74, 6) is 0.525. The van der Waals surface area contributed by atoms with Crippen molar-refractivity contribution in [3.8, 4) is 5.75 Å². The van der Waals surface area contributed by atoms with Crippen molar-refractivity contribution in [2.24, 2.45) is 0 Å². The van der Waals surface area contributed by atoms with E-state index in [4.69, 9.17) is 15.2 Å². The van der Waals surface area contributed by atoms with Gasteiger partial charge in [-0.2, -0.15) is 0 Å². The first-order chi connectivity index (χ1) is 9.12. The van der Waals surface area contributed by atoms with Crippen molar-refractivity contribution in [1.82, 2.24) is 0 Å². The van der Waals surface area contributed by atoms with E-state index in [1.165, 1.54) is 18.9 Å². The van der Waals surface area contributed by atoms with E-state index in [2.05, 4.69) is 6.92 Å². The highest BCUT2D eigenvalue weighted by Gasteiger charge is 2.21. The van der Waals surface area contributed by atoms with Gasteiger partial charge in [-0.25, -0.2) is 0 Å². The van der Waals surface area contributed by atoms with Crippen molar-refractivity contribution in [1.29, 1.82) is 0 Å². The Labute approximate surface area is 118 Å². The quantitative estimate of drug-likeness (QED) is 0.473. The van der Waals surface area contributed by atoms with Crippen LogP contribution in [0.15, 0.2) is 23.1 Å². The van der Waals surface area contributed by atoms with Gasteiger partial charge in [0.05, 0.1) is 14.2 Å². The molecule has 0 aliphatic carbocycles. The topological polar surface area (TPSA) is 61.5 Å². The molecule has 4 nitrogen and oxygen atoms in total. The van der Waals surface area contributed by atoms with Gasteiger partial charge >= 0.3 is 5.97 Å². The molecule has 1 unspecified atom stereocenters. The monoisotopic (exact) mass is 283 g/mol. The molecule has 5 heteroatoms. The molecule has 0 bridgehead atoms. The number of esters is 1. The van der Waals surface area contributed by atoms with E-state index in [1.54, 1.807) is 19.2 Å². The standard InChI is InChI=1S/C14H21NO3S/c1-4-5-6-12(14(16)18-3)19-13-9-10(17-2)7-8-11(13)15/h7-9,12H,4-6,15H2,1-3H3. The molecule has 2 N–H and O–H groups in total. The van der Waals surface area contributed by atoms with Gasteiger partial charge in [0, 0.05) is 10.6 Å². The Kier molecular flexibility index (Phi) is 6.56. The Hall–Kier alpha value is -1.36. The lowest BCUT2D eigenvalue weighted by Gasteiger charge is -2.15. The number of unbranched alkanes of at least 4 members (excludes halogenated alkanes) is 1. The third-order valence-corrected chi connectivity index (χ3v) is 4.09. The van der Waals surface area contributed by atoms with Gasteiger partial charge in [0.2, 0.25) is 0 Å². The number of hydrogen-bond acceptors (Lipinski definition) is 5. The van der Waals surface area contributed by atoms with Gasteiger partial charge in [-0.3, -0.25) is 4.79 Å². The van der Waals surface area contributed by atoms with E-state index in [9.17, 15) is 4.79 Å². The van der Waals surface area contributed by atoms with E-state index < -0.39 is 0 Å². The van der Waals surface area contributed by atoms with Gasteiger partial charge < -0.3 is 15.2 Å². The Bertz CT molecular complexity index is 423. The molecule has 0 saturated carbocycles. The van der Waals surface area contributed by atoms with Crippen LogP contribution in [0.2, 0.25) is 0 Å². The van der Waals surface area contributed by atoms with Crippen LogP contribution in [0.4, 0.5) is 5.69 Å². The summed E-state index contributed by atoms with van der Waals surface area (Å²) in [5, 5.41) is -0.223. The molecule has 1 rings (SSSR count). The highest BCUT2D eigenvalue weighted by Crippen LogP contribution is 2.34. The number of methoxy groups -OCH3 is 2. The Balaban J connectivity index is 2.85. The molecule has 19 heavy (non-hydrogen) atoms. The molecule has 0 aromatic heterocycles. The van der Waals surface area contributed by atoms with E-state index in [0.717, 1.165) is 29.9 Å². The third kappa shape index (κ3) is 4.67. The van der Waals surface area contributed by atoms with Gasteiger partial charge in [-0.1, -0.05) is 19.8 Å². The predicted molar refractivity (Wildman–Crippen MR) is 78.6 cm³/mol. The number of nitrogens with two attached hydrogens (primary N) is 1. The average molecular weight is 283 g/mol. The second-order valence-electron chi connectivity index (χ2n) is 4.18. The first kappa shape index (κ1) is 15.7. The van der Waals surface area contributed by atoms with Crippen molar-refractivity contribution in [2.75, 3.05) is 20.0 Å². The number of carbonyl (C=O) groups excluding carboxylic acids is 1. The highest BCUT2D eigenvalue weighted by atomic mass is 32.2. The maximum atomic E-state index is 11.8. The summed E-state index contributed by atoms with van der Waals surface area (Å²) in [6, 6.07) is 5.44. The van der Waals surface area contributed by atoms with Crippen molar-refractivity contribution in [3.05, 3.63) is 18.2 Å². The van der Waals surface area contributed by atoms with E-state index >= 15 is 0 Å². The molecule has 0 heterocycles. The summed E-state index contributed by atoms with van der Waals surface area (Å²) in [7, 11) is 3.02. The molecule has 0 aliphatic heterocycles. The second kappa shape index (κ2) is 7.94. The van der Waals surface area contributed by atoms with E-state index in [1.807, 2.05) is 6.07 Å². The SMILES string of the molecule is CCCCC(Sc1cc(OC)ccc1N)C(=O)OC. The molecule has 1 aromatic carbocycles. The van der Waals surface area contributed by atoms with Crippen LogP contribution in [0.1, 0.15) is 26.2 Å². The number of hydrogen-bond donors (Lipinski definition) is 1. The lowest BCUT2D eigenvalue weighted by atomic mass is 10.2. The van der Waals surface area contributed by atoms with Crippen LogP contribution in [0.5, 0.6) is 5.75 Å². The minimum Gasteiger partial charge on any atom is -0.497 e. The third-order valence-electron chi connectivity index (χ3n) is 2.77. The van der Waals surface area contributed by atoms with Crippen LogP contribution in [0.25, 0.3) is 0 Å². The van der Waals surface area contributed by atoms with Crippen molar-refractivity contribution in [3.63, 3.8) is 0 Å². The largest absolute Gasteiger partial charge is 0.497 e. The smallest absolute Gasteiger partial charge is 0.319 e. The average Bonchev–Trinajstić information content (AvgIpc) is 2.44. The molecular formula is C14H21NO3S. The first-order valence-corrected chi connectivity index (χ1v) is 7.18. The molecule has 0 saturated heterocycles. The Morgan fingerprint density at radius 3 is 2.74 bits per heavy atom.